The van der Waals surface area contributed by atoms with Crippen molar-refractivity contribution in [3.05, 3.63) is 29.8 Å². The van der Waals surface area contributed by atoms with Crippen LogP contribution in [0.15, 0.2) is 29.2 Å². The number of nitrogens with zero attached hydrogens (tertiary/aromatic N) is 2. The van der Waals surface area contributed by atoms with E-state index in [1.165, 1.54) is 30.5 Å². The molecule has 1 saturated heterocycles. The van der Waals surface area contributed by atoms with Crippen molar-refractivity contribution in [1.82, 2.24) is 8.61 Å². The molecule has 1 fully saturated rings. The number of rotatable bonds is 6. The number of benzene rings is 1. The Labute approximate surface area is 144 Å². The Bertz CT molecular complexity index is 758. The number of morpholine rings is 1. The smallest absolute Gasteiger partial charge is 0.242 e. The van der Waals surface area contributed by atoms with Crippen LogP contribution in [-0.4, -0.2) is 71.1 Å². The Morgan fingerprint density at radius 3 is 2.33 bits per heavy atom. The van der Waals surface area contributed by atoms with Crippen molar-refractivity contribution in [2.45, 2.75) is 24.3 Å². The van der Waals surface area contributed by atoms with Crippen LogP contribution in [-0.2, 0) is 31.2 Å². The van der Waals surface area contributed by atoms with Gasteiger partial charge in [-0.25, -0.2) is 21.1 Å². The molecule has 0 aromatic heterocycles. The van der Waals surface area contributed by atoms with Gasteiger partial charge in [0.05, 0.1) is 23.4 Å². The van der Waals surface area contributed by atoms with E-state index in [1.54, 1.807) is 12.1 Å². The molecule has 0 aliphatic carbocycles. The number of ether oxygens (including phenoxy) is 1. The van der Waals surface area contributed by atoms with Crippen LogP contribution in [0.1, 0.15) is 12.5 Å². The highest BCUT2D eigenvalue weighted by Gasteiger charge is 2.27. The topological polar surface area (TPSA) is 84.0 Å². The average Bonchev–Trinajstić information content (AvgIpc) is 2.53. The van der Waals surface area contributed by atoms with Crippen molar-refractivity contribution in [3.63, 3.8) is 0 Å². The van der Waals surface area contributed by atoms with Crippen molar-refractivity contribution in [1.29, 1.82) is 0 Å². The Balaban J connectivity index is 2.02. The van der Waals surface area contributed by atoms with Crippen LogP contribution in [0.2, 0.25) is 0 Å². The van der Waals surface area contributed by atoms with E-state index in [0.29, 0.717) is 26.1 Å². The molecule has 0 N–H and O–H groups in total. The van der Waals surface area contributed by atoms with Gasteiger partial charge < -0.3 is 4.74 Å². The SMILES string of the molecule is CC1CN(S(=O)(=O)CCc2ccc(S(=O)(=O)N(C)C)cc2)CCO1. The molecule has 0 saturated carbocycles. The minimum atomic E-state index is -3.47. The minimum Gasteiger partial charge on any atom is -0.376 e. The van der Waals surface area contributed by atoms with Crippen molar-refractivity contribution < 1.29 is 21.6 Å². The predicted octanol–water partition coefficient (Wildman–Crippen LogP) is 0.530. The van der Waals surface area contributed by atoms with Crippen molar-refractivity contribution in [2.75, 3.05) is 39.5 Å². The molecule has 0 spiro atoms. The highest BCUT2D eigenvalue weighted by molar-refractivity contribution is 7.89. The predicted molar refractivity (Wildman–Crippen MR) is 91.8 cm³/mol. The molecule has 136 valence electrons. The first-order valence-corrected chi connectivity index (χ1v) is 10.8. The Hall–Kier alpha value is -1.00. The fourth-order valence-electron chi connectivity index (χ4n) is 2.45. The van der Waals surface area contributed by atoms with Crippen LogP contribution in [0.5, 0.6) is 0 Å². The van der Waals surface area contributed by atoms with E-state index in [2.05, 4.69) is 0 Å². The lowest BCUT2D eigenvalue weighted by Gasteiger charge is -2.30. The Kier molecular flexibility index (Phi) is 6.03. The first kappa shape index (κ1) is 19.3. The van der Waals surface area contributed by atoms with Crippen molar-refractivity contribution in [3.8, 4) is 0 Å². The molecule has 1 aliphatic rings. The van der Waals surface area contributed by atoms with Gasteiger partial charge in [0, 0.05) is 27.2 Å². The molecule has 0 radical (unpaired) electrons. The largest absolute Gasteiger partial charge is 0.376 e. The number of hydrogen-bond acceptors (Lipinski definition) is 5. The van der Waals surface area contributed by atoms with Crippen LogP contribution >= 0.6 is 0 Å². The highest BCUT2D eigenvalue weighted by atomic mass is 32.2. The van der Waals surface area contributed by atoms with Gasteiger partial charge in [-0.15, -0.1) is 0 Å². The molecular weight excluding hydrogens is 352 g/mol. The van der Waals surface area contributed by atoms with Crippen molar-refractivity contribution >= 4 is 20.0 Å². The molecule has 1 aromatic rings. The highest BCUT2D eigenvalue weighted by Crippen LogP contribution is 2.16. The lowest BCUT2D eigenvalue weighted by molar-refractivity contribution is 0.0102. The third-order valence-corrected chi connectivity index (χ3v) is 7.62. The van der Waals surface area contributed by atoms with Crippen molar-refractivity contribution in [2.24, 2.45) is 0 Å². The van der Waals surface area contributed by atoms with Crippen LogP contribution in [0.4, 0.5) is 0 Å². The summed E-state index contributed by atoms with van der Waals surface area (Å²) in [5.41, 5.74) is 0.789. The van der Waals surface area contributed by atoms with Gasteiger partial charge in [-0.3, -0.25) is 0 Å². The molecule has 1 aliphatic heterocycles. The van der Waals surface area contributed by atoms with Gasteiger partial charge in [-0.05, 0) is 31.0 Å². The molecular formula is C15H24N2O5S2. The lowest BCUT2D eigenvalue weighted by Crippen LogP contribution is -2.45. The zero-order valence-electron chi connectivity index (χ0n) is 14.2. The average molecular weight is 377 g/mol. The number of sulfonamides is 2. The van der Waals surface area contributed by atoms with E-state index >= 15 is 0 Å². The van der Waals surface area contributed by atoms with Gasteiger partial charge in [0.2, 0.25) is 20.0 Å². The summed E-state index contributed by atoms with van der Waals surface area (Å²) in [6.45, 7) is 3.03. The minimum absolute atomic E-state index is 0.000499. The molecule has 0 amide bonds. The van der Waals surface area contributed by atoms with Crippen LogP contribution < -0.4 is 0 Å². The third-order valence-electron chi connectivity index (χ3n) is 3.95. The quantitative estimate of drug-likeness (QED) is 0.723. The summed E-state index contributed by atoms with van der Waals surface area (Å²) in [6.07, 6.45) is 0.250. The molecule has 24 heavy (non-hydrogen) atoms. The van der Waals surface area contributed by atoms with Crippen LogP contribution in [0.25, 0.3) is 0 Å². The summed E-state index contributed by atoms with van der Waals surface area (Å²) < 4.78 is 56.8. The van der Waals surface area contributed by atoms with E-state index in [-0.39, 0.29) is 16.8 Å². The molecule has 7 nitrogen and oxygen atoms in total. The Morgan fingerprint density at radius 1 is 1.17 bits per heavy atom. The summed E-state index contributed by atoms with van der Waals surface area (Å²) in [6, 6.07) is 6.34. The monoisotopic (exact) mass is 376 g/mol. The fraction of sp³-hybridized carbons (Fsp3) is 0.600. The van der Waals surface area contributed by atoms with E-state index < -0.39 is 20.0 Å². The zero-order chi connectivity index (χ0) is 18.0. The summed E-state index contributed by atoms with van der Waals surface area (Å²) in [5.74, 6) is -0.000499. The number of aryl methyl sites for hydroxylation is 1. The molecule has 1 atom stereocenters. The maximum atomic E-state index is 12.4. The summed E-state index contributed by atoms with van der Waals surface area (Å²) in [7, 11) is -3.86. The van der Waals surface area contributed by atoms with Crippen LogP contribution in [0, 0.1) is 0 Å². The zero-order valence-corrected chi connectivity index (χ0v) is 15.8. The first-order valence-electron chi connectivity index (χ1n) is 7.74. The number of hydrogen-bond donors (Lipinski definition) is 0. The van der Waals surface area contributed by atoms with E-state index in [1.807, 2.05) is 6.92 Å². The van der Waals surface area contributed by atoms with Gasteiger partial charge in [-0.1, -0.05) is 12.1 Å². The third kappa shape index (κ3) is 4.54. The van der Waals surface area contributed by atoms with Gasteiger partial charge in [-0.2, -0.15) is 4.31 Å². The Morgan fingerprint density at radius 2 is 1.79 bits per heavy atom. The summed E-state index contributed by atoms with van der Waals surface area (Å²) in [4.78, 5) is 0.195. The molecule has 1 aromatic carbocycles. The maximum Gasteiger partial charge on any atom is 0.242 e. The molecule has 2 rings (SSSR count). The van der Waals surface area contributed by atoms with Gasteiger partial charge >= 0.3 is 0 Å². The lowest BCUT2D eigenvalue weighted by atomic mass is 10.2. The van der Waals surface area contributed by atoms with E-state index in [9.17, 15) is 16.8 Å². The molecule has 9 heteroatoms. The van der Waals surface area contributed by atoms with Gasteiger partial charge in [0.25, 0.3) is 0 Å². The van der Waals surface area contributed by atoms with Gasteiger partial charge in [0.15, 0.2) is 0 Å². The van der Waals surface area contributed by atoms with E-state index in [4.69, 9.17) is 4.74 Å². The standard InChI is InChI=1S/C15H24N2O5S2/c1-13-12-17(9-10-22-13)23(18,19)11-8-14-4-6-15(7-5-14)24(20,21)16(2)3/h4-7,13H,8-12H2,1-3H3. The second-order valence-electron chi connectivity index (χ2n) is 6.04. The second kappa shape index (κ2) is 7.49. The normalized spacial score (nSPS) is 20.4. The first-order chi connectivity index (χ1) is 11.1. The van der Waals surface area contributed by atoms with Gasteiger partial charge in [0.1, 0.15) is 0 Å². The molecule has 1 unspecified atom stereocenters. The fourth-order valence-corrected chi connectivity index (χ4v) is 4.90. The summed E-state index contributed by atoms with van der Waals surface area (Å²) in [5, 5.41) is 0. The molecule has 0 bridgehead atoms. The maximum absolute atomic E-state index is 12.4. The second-order valence-corrected chi connectivity index (χ2v) is 10.3. The summed E-state index contributed by atoms with van der Waals surface area (Å²) >= 11 is 0. The van der Waals surface area contributed by atoms with Crippen LogP contribution in [0.3, 0.4) is 0 Å². The molecule has 1 heterocycles. The van der Waals surface area contributed by atoms with E-state index in [0.717, 1.165) is 9.87 Å².